The lowest BCUT2D eigenvalue weighted by molar-refractivity contribution is -0.185. The lowest BCUT2D eigenvalue weighted by Gasteiger charge is -2.44. The van der Waals surface area contributed by atoms with Crippen LogP contribution in [0.2, 0.25) is 0 Å². The molecule has 1 spiro atoms. The first-order valence-corrected chi connectivity index (χ1v) is 7.72. The predicted octanol–water partition coefficient (Wildman–Crippen LogP) is 2.38. The molecule has 0 radical (unpaired) electrons. The van der Waals surface area contributed by atoms with Gasteiger partial charge in [-0.05, 0) is 18.4 Å². The summed E-state index contributed by atoms with van der Waals surface area (Å²) in [7, 11) is 0. The van der Waals surface area contributed by atoms with Crippen molar-refractivity contribution in [3.63, 3.8) is 0 Å². The molecule has 0 aromatic heterocycles. The molecule has 1 N–H and O–H groups in total. The summed E-state index contributed by atoms with van der Waals surface area (Å²) >= 11 is 0. The molecule has 1 saturated heterocycles. The standard InChI is InChI=1S/C17H23NO3/c1-14(19)18-13-16(15-5-3-2-4-6-15)7-9-17(10-8-16)20-11-12-21-17/h2-6H,7-13H2,1H3,(H,18,19). The van der Waals surface area contributed by atoms with Crippen LogP contribution in [0.25, 0.3) is 0 Å². The highest BCUT2D eigenvalue weighted by molar-refractivity contribution is 5.73. The van der Waals surface area contributed by atoms with Crippen molar-refractivity contribution in [2.24, 2.45) is 0 Å². The zero-order valence-electron chi connectivity index (χ0n) is 12.6. The fourth-order valence-corrected chi connectivity index (χ4v) is 3.55. The van der Waals surface area contributed by atoms with E-state index in [1.54, 1.807) is 6.92 Å². The number of benzene rings is 1. The number of rotatable bonds is 3. The fraction of sp³-hybridized carbons (Fsp3) is 0.588. The first-order valence-electron chi connectivity index (χ1n) is 7.72. The normalized spacial score (nSPS) is 23.1. The van der Waals surface area contributed by atoms with Crippen molar-refractivity contribution in [1.29, 1.82) is 0 Å². The van der Waals surface area contributed by atoms with Crippen molar-refractivity contribution in [2.75, 3.05) is 19.8 Å². The topological polar surface area (TPSA) is 47.6 Å². The van der Waals surface area contributed by atoms with Gasteiger partial charge in [0.25, 0.3) is 0 Å². The maximum absolute atomic E-state index is 11.3. The van der Waals surface area contributed by atoms with Gasteiger partial charge in [-0.3, -0.25) is 4.79 Å². The maximum atomic E-state index is 11.3. The Bertz CT molecular complexity index is 484. The van der Waals surface area contributed by atoms with Crippen molar-refractivity contribution in [1.82, 2.24) is 5.32 Å². The second-order valence-corrected chi connectivity index (χ2v) is 6.16. The van der Waals surface area contributed by atoms with Crippen LogP contribution in [0.4, 0.5) is 0 Å². The highest BCUT2D eigenvalue weighted by Gasteiger charge is 2.46. The Morgan fingerprint density at radius 2 is 1.71 bits per heavy atom. The van der Waals surface area contributed by atoms with Crippen molar-refractivity contribution < 1.29 is 14.3 Å². The molecule has 2 aliphatic rings. The third-order valence-electron chi connectivity index (χ3n) is 4.84. The molecule has 1 heterocycles. The first kappa shape index (κ1) is 14.5. The molecular formula is C17H23NO3. The van der Waals surface area contributed by atoms with Gasteiger partial charge in [0.05, 0.1) is 13.2 Å². The molecule has 0 atom stereocenters. The summed E-state index contributed by atoms with van der Waals surface area (Å²) in [4.78, 5) is 11.3. The van der Waals surface area contributed by atoms with Crippen LogP contribution in [0.15, 0.2) is 30.3 Å². The maximum Gasteiger partial charge on any atom is 0.216 e. The number of nitrogens with one attached hydrogen (secondary N) is 1. The second kappa shape index (κ2) is 5.78. The SMILES string of the molecule is CC(=O)NCC1(c2ccccc2)CCC2(CC1)OCCO2. The Balaban J connectivity index is 1.79. The van der Waals surface area contributed by atoms with Gasteiger partial charge in [-0.2, -0.15) is 0 Å². The minimum atomic E-state index is -0.367. The van der Waals surface area contributed by atoms with Gasteiger partial charge in [0.15, 0.2) is 5.79 Å². The smallest absolute Gasteiger partial charge is 0.216 e. The second-order valence-electron chi connectivity index (χ2n) is 6.16. The summed E-state index contributed by atoms with van der Waals surface area (Å²) in [6.07, 6.45) is 3.72. The zero-order valence-corrected chi connectivity index (χ0v) is 12.6. The van der Waals surface area contributed by atoms with Gasteiger partial charge in [0.2, 0.25) is 5.91 Å². The lowest BCUT2D eigenvalue weighted by atomic mass is 9.67. The van der Waals surface area contributed by atoms with Crippen molar-refractivity contribution >= 4 is 5.91 Å². The van der Waals surface area contributed by atoms with Crippen molar-refractivity contribution in [3.8, 4) is 0 Å². The number of carbonyl (C=O) groups excluding carboxylic acids is 1. The molecule has 1 aromatic rings. The average Bonchev–Trinajstić information content (AvgIpc) is 2.97. The number of carbonyl (C=O) groups is 1. The summed E-state index contributed by atoms with van der Waals surface area (Å²) in [5.41, 5.74) is 1.29. The molecule has 2 fully saturated rings. The van der Waals surface area contributed by atoms with E-state index < -0.39 is 0 Å². The minimum Gasteiger partial charge on any atom is -0.355 e. The molecule has 1 aliphatic carbocycles. The molecule has 21 heavy (non-hydrogen) atoms. The van der Waals surface area contributed by atoms with E-state index >= 15 is 0 Å². The quantitative estimate of drug-likeness (QED) is 0.929. The van der Waals surface area contributed by atoms with Crippen molar-refractivity contribution in [3.05, 3.63) is 35.9 Å². The van der Waals surface area contributed by atoms with Gasteiger partial charge >= 0.3 is 0 Å². The van der Waals surface area contributed by atoms with E-state index in [0.717, 1.165) is 25.7 Å². The van der Waals surface area contributed by atoms with Gasteiger partial charge in [-0.25, -0.2) is 0 Å². The molecule has 114 valence electrons. The number of ether oxygens (including phenoxy) is 2. The lowest BCUT2D eigenvalue weighted by Crippen LogP contribution is -2.47. The van der Waals surface area contributed by atoms with Gasteiger partial charge in [-0.15, -0.1) is 0 Å². The summed E-state index contributed by atoms with van der Waals surface area (Å²) in [6, 6.07) is 10.5. The van der Waals surface area contributed by atoms with Gasteiger partial charge in [0.1, 0.15) is 0 Å². The summed E-state index contributed by atoms with van der Waals surface area (Å²) < 4.78 is 11.7. The van der Waals surface area contributed by atoms with E-state index in [1.165, 1.54) is 5.56 Å². The van der Waals surface area contributed by atoms with E-state index in [2.05, 4.69) is 29.6 Å². The fourth-order valence-electron chi connectivity index (χ4n) is 3.55. The highest BCUT2D eigenvalue weighted by atomic mass is 16.7. The summed E-state index contributed by atoms with van der Waals surface area (Å²) in [5.74, 6) is -0.340. The largest absolute Gasteiger partial charge is 0.355 e. The minimum absolute atomic E-state index is 0.00646. The van der Waals surface area contributed by atoms with Crippen LogP contribution in [-0.2, 0) is 19.7 Å². The first-order chi connectivity index (χ1) is 10.1. The monoisotopic (exact) mass is 289 g/mol. The van der Waals surface area contributed by atoms with Gasteiger partial charge in [0, 0.05) is 31.7 Å². The van der Waals surface area contributed by atoms with Crippen LogP contribution in [0.3, 0.4) is 0 Å². The van der Waals surface area contributed by atoms with Crippen LogP contribution < -0.4 is 5.32 Å². The molecule has 1 aliphatic heterocycles. The molecule has 1 amide bonds. The van der Waals surface area contributed by atoms with Crippen LogP contribution in [-0.4, -0.2) is 31.5 Å². The molecular weight excluding hydrogens is 266 g/mol. The third-order valence-corrected chi connectivity index (χ3v) is 4.84. The van der Waals surface area contributed by atoms with Crippen LogP contribution >= 0.6 is 0 Å². The summed E-state index contributed by atoms with van der Waals surface area (Å²) in [6.45, 7) is 3.66. The summed E-state index contributed by atoms with van der Waals surface area (Å²) in [5, 5.41) is 3.01. The molecule has 3 rings (SSSR count). The Labute approximate surface area is 125 Å². The van der Waals surface area contributed by atoms with Gasteiger partial charge in [-0.1, -0.05) is 30.3 Å². The number of hydrogen-bond acceptors (Lipinski definition) is 3. The highest BCUT2D eigenvalue weighted by Crippen LogP contribution is 2.46. The molecule has 0 unspecified atom stereocenters. The number of hydrogen-bond donors (Lipinski definition) is 1. The number of amides is 1. The molecule has 1 saturated carbocycles. The van der Waals surface area contributed by atoms with E-state index in [9.17, 15) is 4.79 Å². The predicted molar refractivity (Wildman–Crippen MR) is 79.9 cm³/mol. The molecule has 4 nitrogen and oxygen atoms in total. The van der Waals surface area contributed by atoms with E-state index in [4.69, 9.17) is 9.47 Å². The Hall–Kier alpha value is -1.39. The zero-order chi connectivity index (χ0) is 14.8. The Morgan fingerprint density at radius 1 is 1.10 bits per heavy atom. The van der Waals surface area contributed by atoms with Gasteiger partial charge < -0.3 is 14.8 Å². The van der Waals surface area contributed by atoms with Crippen LogP contribution in [0, 0.1) is 0 Å². The van der Waals surface area contributed by atoms with E-state index in [0.29, 0.717) is 19.8 Å². The average molecular weight is 289 g/mol. The van der Waals surface area contributed by atoms with Crippen molar-refractivity contribution in [2.45, 2.75) is 43.8 Å². The van der Waals surface area contributed by atoms with E-state index in [1.807, 2.05) is 6.07 Å². The Kier molecular flexibility index (Phi) is 4.00. The molecule has 4 heteroatoms. The molecule has 1 aromatic carbocycles. The molecule has 0 bridgehead atoms. The Morgan fingerprint density at radius 3 is 2.29 bits per heavy atom. The third kappa shape index (κ3) is 2.97. The van der Waals surface area contributed by atoms with Crippen LogP contribution in [0.5, 0.6) is 0 Å². The van der Waals surface area contributed by atoms with Crippen LogP contribution in [0.1, 0.15) is 38.2 Å². The van der Waals surface area contributed by atoms with E-state index in [-0.39, 0.29) is 17.1 Å².